The Bertz CT molecular complexity index is 372. The number of aliphatic hydroxyl groups excluding tert-OH is 1. The van der Waals surface area contributed by atoms with Crippen molar-refractivity contribution in [3.8, 4) is 11.5 Å². The topological polar surface area (TPSA) is 38.7 Å². The molecule has 0 amide bonds. The summed E-state index contributed by atoms with van der Waals surface area (Å²) in [6.45, 7) is 4.88. The van der Waals surface area contributed by atoms with Crippen molar-refractivity contribution in [3.63, 3.8) is 0 Å². The quantitative estimate of drug-likeness (QED) is 0.850. The molecule has 0 radical (unpaired) electrons. The Morgan fingerprint density at radius 3 is 2.56 bits per heavy atom. The maximum Gasteiger partial charge on any atom is 0.231 e. The van der Waals surface area contributed by atoms with Gasteiger partial charge in [-0.05, 0) is 42.0 Å². The molecule has 0 spiro atoms. The van der Waals surface area contributed by atoms with Gasteiger partial charge in [0.2, 0.25) is 6.79 Å². The van der Waals surface area contributed by atoms with Crippen LogP contribution in [0.5, 0.6) is 11.5 Å². The first-order valence-electron chi connectivity index (χ1n) is 5.75. The third-order valence-corrected chi connectivity index (χ3v) is 2.86. The standard InChI is InChI=1S/C13H18O3/c1-9(2)11-7-13-12(15-8-16-13)6-10(11)4-3-5-14/h6-7,9,14H,3-5,8H2,1-2H3. The van der Waals surface area contributed by atoms with Crippen molar-refractivity contribution in [2.75, 3.05) is 13.4 Å². The van der Waals surface area contributed by atoms with Crippen molar-refractivity contribution >= 4 is 0 Å². The first-order chi connectivity index (χ1) is 7.72. The lowest BCUT2D eigenvalue weighted by Gasteiger charge is -2.13. The van der Waals surface area contributed by atoms with E-state index in [1.807, 2.05) is 6.07 Å². The smallest absolute Gasteiger partial charge is 0.231 e. The normalized spacial score (nSPS) is 13.5. The van der Waals surface area contributed by atoms with Crippen molar-refractivity contribution in [2.45, 2.75) is 32.6 Å². The van der Waals surface area contributed by atoms with Crippen LogP contribution in [0.4, 0.5) is 0 Å². The van der Waals surface area contributed by atoms with E-state index in [1.54, 1.807) is 0 Å². The molecule has 0 bridgehead atoms. The van der Waals surface area contributed by atoms with Gasteiger partial charge >= 0.3 is 0 Å². The predicted octanol–water partition coefficient (Wildman–Crippen LogP) is 2.46. The maximum atomic E-state index is 8.89. The summed E-state index contributed by atoms with van der Waals surface area (Å²) in [7, 11) is 0. The molecule has 1 aromatic carbocycles. The van der Waals surface area contributed by atoms with Gasteiger partial charge in [0.15, 0.2) is 11.5 Å². The first kappa shape index (κ1) is 11.3. The van der Waals surface area contributed by atoms with Gasteiger partial charge in [0.1, 0.15) is 0 Å². The van der Waals surface area contributed by atoms with Crippen molar-refractivity contribution in [1.29, 1.82) is 0 Å². The lowest BCUT2D eigenvalue weighted by atomic mass is 9.94. The number of rotatable bonds is 4. The minimum Gasteiger partial charge on any atom is -0.454 e. The highest BCUT2D eigenvalue weighted by atomic mass is 16.7. The largest absolute Gasteiger partial charge is 0.454 e. The summed E-state index contributed by atoms with van der Waals surface area (Å²) in [6.07, 6.45) is 1.68. The van der Waals surface area contributed by atoms with Gasteiger partial charge in [0, 0.05) is 6.61 Å². The molecule has 0 aliphatic carbocycles. The van der Waals surface area contributed by atoms with Crippen LogP contribution < -0.4 is 9.47 Å². The van der Waals surface area contributed by atoms with E-state index >= 15 is 0 Å². The summed E-state index contributed by atoms with van der Waals surface area (Å²) in [4.78, 5) is 0. The van der Waals surface area contributed by atoms with Crippen LogP contribution in [0.25, 0.3) is 0 Å². The van der Waals surface area contributed by atoms with E-state index in [-0.39, 0.29) is 6.61 Å². The lowest BCUT2D eigenvalue weighted by Crippen LogP contribution is -1.98. The van der Waals surface area contributed by atoms with E-state index in [2.05, 4.69) is 19.9 Å². The molecule has 16 heavy (non-hydrogen) atoms. The Kier molecular flexibility index (Phi) is 3.34. The van der Waals surface area contributed by atoms with Crippen LogP contribution in [-0.2, 0) is 6.42 Å². The number of hydrogen-bond donors (Lipinski definition) is 1. The Labute approximate surface area is 96.0 Å². The first-order valence-corrected chi connectivity index (χ1v) is 5.75. The second-order valence-corrected chi connectivity index (χ2v) is 4.39. The highest BCUT2D eigenvalue weighted by Gasteiger charge is 2.18. The van der Waals surface area contributed by atoms with Crippen LogP contribution in [0.1, 0.15) is 37.3 Å². The number of benzene rings is 1. The van der Waals surface area contributed by atoms with E-state index in [9.17, 15) is 0 Å². The van der Waals surface area contributed by atoms with Crippen LogP contribution in [0.3, 0.4) is 0 Å². The van der Waals surface area contributed by atoms with Gasteiger partial charge < -0.3 is 14.6 Å². The van der Waals surface area contributed by atoms with Gasteiger partial charge in [-0.1, -0.05) is 13.8 Å². The fourth-order valence-corrected chi connectivity index (χ4v) is 2.02. The van der Waals surface area contributed by atoms with E-state index in [0.29, 0.717) is 12.7 Å². The number of fused-ring (bicyclic) bond motifs is 1. The fourth-order valence-electron chi connectivity index (χ4n) is 2.02. The molecule has 0 unspecified atom stereocenters. The highest BCUT2D eigenvalue weighted by Crippen LogP contribution is 2.37. The number of aryl methyl sites for hydroxylation is 1. The van der Waals surface area contributed by atoms with Crippen LogP contribution in [0.2, 0.25) is 0 Å². The second kappa shape index (κ2) is 4.74. The molecule has 3 nitrogen and oxygen atoms in total. The molecule has 0 aromatic heterocycles. The highest BCUT2D eigenvalue weighted by molar-refractivity contribution is 5.49. The maximum absolute atomic E-state index is 8.89. The van der Waals surface area contributed by atoms with Gasteiger partial charge in [-0.3, -0.25) is 0 Å². The third kappa shape index (κ3) is 2.14. The molecule has 88 valence electrons. The Morgan fingerprint density at radius 2 is 1.94 bits per heavy atom. The van der Waals surface area contributed by atoms with Crippen LogP contribution in [-0.4, -0.2) is 18.5 Å². The molecule has 0 atom stereocenters. The zero-order valence-corrected chi connectivity index (χ0v) is 9.82. The zero-order chi connectivity index (χ0) is 11.5. The molecular formula is C13H18O3. The van der Waals surface area contributed by atoms with E-state index in [1.165, 1.54) is 11.1 Å². The predicted molar refractivity (Wildman–Crippen MR) is 62.1 cm³/mol. The summed E-state index contributed by atoms with van der Waals surface area (Å²) in [5.74, 6) is 2.14. The van der Waals surface area contributed by atoms with Crippen LogP contribution in [0.15, 0.2) is 12.1 Å². The Balaban J connectivity index is 2.32. The Morgan fingerprint density at radius 1 is 1.25 bits per heavy atom. The van der Waals surface area contributed by atoms with Crippen molar-refractivity contribution in [3.05, 3.63) is 23.3 Å². The molecule has 0 saturated carbocycles. The van der Waals surface area contributed by atoms with E-state index in [4.69, 9.17) is 14.6 Å². The van der Waals surface area contributed by atoms with Crippen molar-refractivity contribution < 1.29 is 14.6 Å². The minimum atomic E-state index is 0.228. The molecular weight excluding hydrogens is 204 g/mol. The minimum absolute atomic E-state index is 0.228. The molecule has 1 N–H and O–H groups in total. The van der Waals surface area contributed by atoms with Crippen LogP contribution >= 0.6 is 0 Å². The van der Waals surface area contributed by atoms with Crippen LogP contribution in [0, 0.1) is 0 Å². The molecule has 1 aromatic rings. The average molecular weight is 222 g/mol. The van der Waals surface area contributed by atoms with Gasteiger partial charge in [0.05, 0.1) is 0 Å². The summed E-state index contributed by atoms with van der Waals surface area (Å²) < 4.78 is 10.7. The molecule has 2 rings (SSSR count). The Hall–Kier alpha value is -1.22. The SMILES string of the molecule is CC(C)c1cc2c(cc1CCCO)OCO2. The van der Waals surface area contributed by atoms with Gasteiger partial charge in [0.25, 0.3) is 0 Å². The third-order valence-electron chi connectivity index (χ3n) is 2.86. The van der Waals surface area contributed by atoms with E-state index < -0.39 is 0 Å². The van der Waals surface area contributed by atoms with Crippen molar-refractivity contribution in [1.82, 2.24) is 0 Å². The summed E-state index contributed by atoms with van der Waals surface area (Å²) in [6, 6.07) is 4.12. The van der Waals surface area contributed by atoms with E-state index in [0.717, 1.165) is 24.3 Å². The molecule has 1 aliphatic rings. The van der Waals surface area contributed by atoms with Crippen molar-refractivity contribution in [2.24, 2.45) is 0 Å². The van der Waals surface area contributed by atoms with Gasteiger partial charge in [-0.25, -0.2) is 0 Å². The number of ether oxygens (including phenoxy) is 2. The van der Waals surface area contributed by atoms with Gasteiger partial charge in [-0.15, -0.1) is 0 Å². The molecule has 0 fully saturated rings. The second-order valence-electron chi connectivity index (χ2n) is 4.39. The zero-order valence-electron chi connectivity index (χ0n) is 9.82. The molecule has 0 saturated heterocycles. The molecule has 3 heteroatoms. The average Bonchev–Trinajstić information content (AvgIpc) is 2.71. The fraction of sp³-hybridized carbons (Fsp3) is 0.538. The number of aliphatic hydroxyl groups is 1. The number of hydrogen-bond acceptors (Lipinski definition) is 3. The monoisotopic (exact) mass is 222 g/mol. The van der Waals surface area contributed by atoms with Gasteiger partial charge in [-0.2, -0.15) is 0 Å². The molecule has 1 aliphatic heterocycles. The summed E-state index contributed by atoms with van der Waals surface area (Å²) in [5.41, 5.74) is 2.55. The summed E-state index contributed by atoms with van der Waals surface area (Å²) in [5, 5.41) is 8.89. The summed E-state index contributed by atoms with van der Waals surface area (Å²) >= 11 is 0. The molecule has 1 heterocycles. The lowest BCUT2D eigenvalue weighted by molar-refractivity contribution is 0.174.